The minimum Gasteiger partial charge on any atom is -0.387 e. The summed E-state index contributed by atoms with van der Waals surface area (Å²) in [6.45, 7) is 4.29. The molecule has 0 aliphatic rings. The molecule has 0 fully saturated rings. The van der Waals surface area contributed by atoms with Crippen molar-refractivity contribution in [3.05, 3.63) is 35.8 Å². The SMILES string of the molecule is CCn1c(C(C)O)cc2cccc(F)c21. The molecule has 0 aliphatic heterocycles. The van der Waals surface area contributed by atoms with E-state index in [-0.39, 0.29) is 5.82 Å². The van der Waals surface area contributed by atoms with E-state index in [0.717, 1.165) is 11.1 Å². The lowest BCUT2D eigenvalue weighted by Gasteiger charge is -2.09. The second-order valence-corrected chi connectivity index (χ2v) is 3.67. The van der Waals surface area contributed by atoms with Gasteiger partial charge in [-0.25, -0.2) is 4.39 Å². The van der Waals surface area contributed by atoms with Gasteiger partial charge in [-0.3, -0.25) is 0 Å². The van der Waals surface area contributed by atoms with Gasteiger partial charge in [0.15, 0.2) is 0 Å². The molecule has 1 atom stereocenters. The van der Waals surface area contributed by atoms with Gasteiger partial charge in [-0.2, -0.15) is 0 Å². The van der Waals surface area contributed by atoms with Crippen LogP contribution in [0.5, 0.6) is 0 Å². The van der Waals surface area contributed by atoms with Gasteiger partial charge in [0.2, 0.25) is 0 Å². The summed E-state index contributed by atoms with van der Waals surface area (Å²) in [6, 6.07) is 6.83. The Hall–Kier alpha value is -1.35. The van der Waals surface area contributed by atoms with Gasteiger partial charge in [-0.1, -0.05) is 12.1 Å². The number of hydrogen-bond acceptors (Lipinski definition) is 1. The molecule has 2 rings (SSSR count). The van der Waals surface area contributed by atoms with E-state index in [2.05, 4.69) is 0 Å². The first kappa shape index (κ1) is 10.2. The van der Waals surface area contributed by atoms with Crippen molar-refractivity contribution < 1.29 is 9.50 Å². The lowest BCUT2D eigenvalue weighted by molar-refractivity contribution is 0.190. The molecule has 0 amide bonds. The predicted octanol–water partition coefficient (Wildman–Crippen LogP) is 2.85. The molecule has 0 saturated heterocycles. The van der Waals surface area contributed by atoms with Gasteiger partial charge in [-0.05, 0) is 26.0 Å². The molecule has 1 heterocycles. The van der Waals surface area contributed by atoms with Crippen molar-refractivity contribution in [2.24, 2.45) is 0 Å². The van der Waals surface area contributed by atoms with Gasteiger partial charge in [0.25, 0.3) is 0 Å². The number of aryl methyl sites for hydroxylation is 1. The number of nitrogens with zero attached hydrogens (tertiary/aromatic N) is 1. The predicted molar refractivity (Wildman–Crippen MR) is 58.2 cm³/mol. The topological polar surface area (TPSA) is 25.2 Å². The van der Waals surface area contributed by atoms with Crippen molar-refractivity contribution >= 4 is 10.9 Å². The number of aliphatic hydroxyl groups is 1. The van der Waals surface area contributed by atoms with Crippen LogP contribution >= 0.6 is 0 Å². The Labute approximate surface area is 88.0 Å². The second-order valence-electron chi connectivity index (χ2n) is 3.67. The molecule has 0 saturated carbocycles. The highest BCUT2D eigenvalue weighted by molar-refractivity contribution is 5.82. The highest BCUT2D eigenvalue weighted by atomic mass is 19.1. The molecular weight excluding hydrogens is 193 g/mol. The molecule has 2 aromatic rings. The molecule has 3 heteroatoms. The van der Waals surface area contributed by atoms with Crippen LogP contribution in [0.1, 0.15) is 25.6 Å². The number of para-hydroxylation sites is 1. The minimum atomic E-state index is -0.572. The van der Waals surface area contributed by atoms with E-state index in [1.807, 2.05) is 23.6 Å². The summed E-state index contributed by atoms with van der Waals surface area (Å²) >= 11 is 0. The monoisotopic (exact) mass is 207 g/mol. The lowest BCUT2D eigenvalue weighted by atomic mass is 10.2. The standard InChI is InChI=1S/C12H14FNO/c1-3-14-11(8(2)15)7-9-5-4-6-10(13)12(9)14/h4-8,15H,3H2,1-2H3. The van der Waals surface area contributed by atoms with Crippen molar-refractivity contribution in [1.82, 2.24) is 4.57 Å². The third-order valence-corrected chi connectivity index (χ3v) is 2.65. The van der Waals surface area contributed by atoms with Crippen LogP contribution in [0.2, 0.25) is 0 Å². The number of fused-ring (bicyclic) bond motifs is 1. The average molecular weight is 207 g/mol. The zero-order chi connectivity index (χ0) is 11.0. The van der Waals surface area contributed by atoms with E-state index in [4.69, 9.17) is 0 Å². The van der Waals surface area contributed by atoms with Crippen molar-refractivity contribution in [3.8, 4) is 0 Å². The van der Waals surface area contributed by atoms with E-state index >= 15 is 0 Å². The molecule has 1 aromatic carbocycles. The van der Waals surface area contributed by atoms with Gasteiger partial charge in [0, 0.05) is 17.6 Å². The van der Waals surface area contributed by atoms with Gasteiger partial charge >= 0.3 is 0 Å². The summed E-state index contributed by atoms with van der Waals surface area (Å²) in [4.78, 5) is 0. The second kappa shape index (κ2) is 3.66. The maximum Gasteiger partial charge on any atom is 0.147 e. The maximum absolute atomic E-state index is 13.6. The molecule has 0 bridgehead atoms. The smallest absolute Gasteiger partial charge is 0.147 e. The number of halogens is 1. The number of rotatable bonds is 2. The van der Waals surface area contributed by atoms with Crippen LogP contribution in [0.4, 0.5) is 4.39 Å². The molecule has 0 spiro atoms. The highest BCUT2D eigenvalue weighted by Crippen LogP contribution is 2.26. The van der Waals surface area contributed by atoms with E-state index < -0.39 is 6.10 Å². The third kappa shape index (κ3) is 1.53. The van der Waals surface area contributed by atoms with Crippen molar-refractivity contribution in [3.63, 3.8) is 0 Å². The molecule has 1 unspecified atom stereocenters. The Morgan fingerprint density at radius 2 is 2.20 bits per heavy atom. The minimum absolute atomic E-state index is 0.235. The van der Waals surface area contributed by atoms with E-state index in [9.17, 15) is 9.50 Å². The van der Waals surface area contributed by atoms with Gasteiger partial charge in [-0.15, -0.1) is 0 Å². The van der Waals surface area contributed by atoms with Crippen LogP contribution in [-0.2, 0) is 6.54 Å². The fraction of sp³-hybridized carbons (Fsp3) is 0.333. The fourth-order valence-electron chi connectivity index (χ4n) is 1.99. The summed E-state index contributed by atoms with van der Waals surface area (Å²) in [5.41, 5.74) is 1.34. The molecule has 80 valence electrons. The number of aliphatic hydroxyl groups excluding tert-OH is 1. The van der Waals surface area contributed by atoms with E-state index in [1.165, 1.54) is 6.07 Å². The lowest BCUT2D eigenvalue weighted by Crippen LogP contribution is -2.04. The quantitative estimate of drug-likeness (QED) is 0.804. The number of hydrogen-bond donors (Lipinski definition) is 1. The Balaban J connectivity index is 2.80. The number of aromatic nitrogens is 1. The Bertz CT molecular complexity index is 488. The first-order valence-electron chi connectivity index (χ1n) is 5.11. The third-order valence-electron chi connectivity index (χ3n) is 2.65. The molecule has 15 heavy (non-hydrogen) atoms. The Morgan fingerprint density at radius 3 is 2.80 bits per heavy atom. The molecule has 1 N–H and O–H groups in total. The normalized spacial score (nSPS) is 13.3. The summed E-state index contributed by atoms with van der Waals surface area (Å²) < 4.78 is 15.4. The zero-order valence-electron chi connectivity index (χ0n) is 8.87. The van der Waals surface area contributed by atoms with Crippen LogP contribution in [0.15, 0.2) is 24.3 Å². The van der Waals surface area contributed by atoms with Crippen molar-refractivity contribution in [1.29, 1.82) is 0 Å². The average Bonchev–Trinajstić information content (AvgIpc) is 2.57. The molecule has 0 aliphatic carbocycles. The molecule has 2 nitrogen and oxygen atoms in total. The molecule has 1 aromatic heterocycles. The van der Waals surface area contributed by atoms with Crippen molar-refractivity contribution in [2.75, 3.05) is 0 Å². The van der Waals surface area contributed by atoms with E-state index in [0.29, 0.717) is 12.1 Å². The summed E-state index contributed by atoms with van der Waals surface area (Å²) in [6.07, 6.45) is -0.572. The van der Waals surface area contributed by atoms with Crippen molar-refractivity contribution in [2.45, 2.75) is 26.5 Å². The summed E-state index contributed by atoms with van der Waals surface area (Å²) in [5.74, 6) is -0.235. The zero-order valence-corrected chi connectivity index (χ0v) is 8.87. The summed E-state index contributed by atoms with van der Waals surface area (Å²) in [5, 5.41) is 10.4. The number of benzene rings is 1. The van der Waals surface area contributed by atoms with Crippen LogP contribution in [0.3, 0.4) is 0 Å². The van der Waals surface area contributed by atoms with E-state index in [1.54, 1.807) is 13.0 Å². The van der Waals surface area contributed by atoms with Crippen LogP contribution in [-0.4, -0.2) is 9.67 Å². The largest absolute Gasteiger partial charge is 0.387 e. The summed E-state index contributed by atoms with van der Waals surface area (Å²) in [7, 11) is 0. The Kier molecular flexibility index (Phi) is 2.49. The van der Waals surface area contributed by atoms with Crippen LogP contribution in [0.25, 0.3) is 10.9 Å². The van der Waals surface area contributed by atoms with Crippen LogP contribution in [0, 0.1) is 5.82 Å². The maximum atomic E-state index is 13.6. The fourth-order valence-corrected chi connectivity index (χ4v) is 1.99. The highest BCUT2D eigenvalue weighted by Gasteiger charge is 2.13. The molecular formula is C12H14FNO. The van der Waals surface area contributed by atoms with Crippen LogP contribution < -0.4 is 0 Å². The van der Waals surface area contributed by atoms with Gasteiger partial charge in [0.05, 0.1) is 11.6 Å². The first-order valence-corrected chi connectivity index (χ1v) is 5.11. The Morgan fingerprint density at radius 1 is 1.47 bits per heavy atom. The molecule has 0 radical (unpaired) electrons. The first-order chi connectivity index (χ1) is 7.15. The van der Waals surface area contributed by atoms with Gasteiger partial charge < -0.3 is 9.67 Å². The van der Waals surface area contributed by atoms with Gasteiger partial charge in [0.1, 0.15) is 5.82 Å².